The van der Waals surface area contributed by atoms with Crippen molar-refractivity contribution in [1.82, 2.24) is 4.98 Å². The van der Waals surface area contributed by atoms with E-state index in [9.17, 15) is 0 Å². The number of hydrogen-bond acceptors (Lipinski definition) is 5. The van der Waals surface area contributed by atoms with Crippen molar-refractivity contribution in [3.05, 3.63) is 24.1 Å². The summed E-state index contributed by atoms with van der Waals surface area (Å²) in [6.07, 6.45) is -0.259. The monoisotopic (exact) mass is 236 g/mol. The van der Waals surface area contributed by atoms with Gasteiger partial charge >= 0.3 is 0 Å². The third-order valence-electron chi connectivity index (χ3n) is 2.49. The van der Waals surface area contributed by atoms with E-state index >= 15 is 0 Å². The summed E-state index contributed by atoms with van der Waals surface area (Å²) in [6, 6.07) is 5.77. The van der Waals surface area contributed by atoms with Crippen molar-refractivity contribution in [2.45, 2.75) is 13.2 Å². The van der Waals surface area contributed by atoms with Crippen molar-refractivity contribution >= 4 is 16.8 Å². The van der Waals surface area contributed by atoms with E-state index in [2.05, 4.69) is 10.3 Å². The fourth-order valence-corrected chi connectivity index (χ4v) is 1.62. The summed E-state index contributed by atoms with van der Waals surface area (Å²) >= 11 is 0. The topological polar surface area (TPSA) is 56.5 Å². The van der Waals surface area contributed by atoms with Crippen LogP contribution in [0, 0.1) is 6.92 Å². The van der Waals surface area contributed by atoms with Crippen LogP contribution in [0.25, 0.3) is 11.1 Å². The second-order valence-corrected chi connectivity index (χ2v) is 3.70. The Bertz CT molecular complexity index is 491. The number of rotatable bonds is 5. The van der Waals surface area contributed by atoms with Gasteiger partial charge in [0.05, 0.1) is 6.54 Å². The summed E-state index contributed by atoms with van der Waals surface area (Å²) in [5.41, 5.74) is 2.60. The van der Waals surface area contributed by atoms with Crippen LogP contribution in [0.3, 0.4) is 0 Å². The molecule has 92 valence electrons. The highest BCUT2D eigenvalue weighted by Crippen LogP contribution is 2.19. The van der Waals surface area contributed by atoms with Crippen molar-refractivity contribution in [3.63, 3.8) is 0 Å². The first kappa shape index (κ1) is 11.9. The second kappa shape index (κ2) is 5.16. The summed E-state index contributed by atoms with van der Waals surface area (Å²) in [6.45, 7) is 2.41. The van der Waals surface area contributed by atoms with E-state index in [1.165, 1.54) is 0 Å². The molecular weight excluding hydrogens is 220 g/mol. The SMILES string of the molecule is COC(CNc1ccc2oc(C)nc2c1)OC. The third-order valence-corrected chi connectivity index (χ3v) is 2.49. The van der Waals surface area contributed by atoms with Gasteiger partial charge in [-0.3, -0.25) is 0 Å². The van der Waals surface area contributed by atoms with Crippen LogP contribution in [0.4, 0.5) is 5.69 Å². The Morgan fingerprint density at radius 3 is 2.82 bits per heavy atom. The van der Waals surface area contributed by atoms with Crippen LogP contribution in [0.1, 0.15) is 5.89 Å². The van der Waals surface area contributed by atoms with Crippen molar-refractivity contribution in [1.29, 1.82) is 0 Å². The normalized spacial score (nSPS) is 11.3. The van der Waals surface area contributed by atoms with Gasteiger partial charge in [-0.2, -0.15) is 0 Å². The average Bonchev–Trinajstić information content (AvgIpc) is 2.69. The number of nitrogens with zero attached hydrogens (tertiary/aromatic N) is 1. The van der Waals surface area contributed by atoms with Gasteiger partial charge in [0.25, 0.3) is 0 Å². The number of methoxy groups -OCH3 is 2. The number of aryl methyl sites for hydroxylation is 1. The van der Waals surface area contributed by atoms with Gasteiger partial charge in [0.2, 0.25) is 0 Å². The Labute approximate surface area is 99.7 Å². The lowest BCUT2D eigenvalue weighted by Crippen LogP contribution is -2.23. The van der Waals surface area contributed by atoms with Crippen LogP contribution in [0.5, 0.6) is 0 Å². The predicted octanol–water partition coefficient (Wildman–Crippen LogP) is 2.17. The van der Waals surface area contributed by atoms with Gasteiger partial charge in [-0.15, -0.1) is 0 Å². The number of oxazole rings is 1. The highest BCUT2D eigenvalue weighted by molar-refractivity contribution is 5.77. The van der Waals surface area contributed by atoms with E-state index in [0.29, 0.717) is 12.4 Å². The molecule has 0 unspecified atom stereocenters. The molecule has 0 aliphatic carbocycles. The molecule has 1 aromatic heterocycles. The molecule has 5 nitrogen and oxygen atoms in total. The van der Waals surface area contributed by atoms with Gasteiger partial charge in [-0.1, -0.05) is 0 Å². The van der Waals surface area contributed by atoms with E-state index < -0.39 is 0 Å². The van der Waals surface area contributed by atoms with Crippen LogP contribution in [0.15, 0.2) is 22.6 Å². The molecule has 17 heavy (non-hydrogen) atoms. The van der Waals surface area contributed by atoms with E-state index in [1.54, 1.807) is 14.2 Å². The third kappa shape index (κ3) is 2.75. The quantitative estimate of drug-likeness (QED) is 0.806. The number of fused-ring (bicyclic) bond motifs is 1. The maximum Gasteiger partial charge on any atom is 0.192 e. The molecule has 0 atom stereocenters. The summed E-state index contributed by atoms with van der Waals surface area (Å²) in [7, 11) is 3.22. The number of aromatic nitrogens is 1. The molecule has 1 heterocycles. The molecule has 5 heteroatoms. The van der Waals surface area contributed by atoms with Crippen LogP contribution >= 0.6 is 0 Å². The number of ether oxygens (including phenoxy) is 2. The molecule has 2 rings (SSSR count). The Morgan fingerprint density at radius 2 is 2.12 bits per heavy atom. The van der Waals surface area contributed by atoms with E-state index in [4.69, 9.17) is 13.9 Å². The van der Waals surface area contributed by atoms with Crippen molar-refractivity contribution in [2.75, 3.05) is 26.1 Å². The first-order chi connectivity index (χ1) is 8.22. The smallest absolute Gasteiger partial charge is 0.192 e. The summed E-state index contributed by atoms with van der Waals surface area (Å²) in [5, 5.41) is 3.22. The fraction of sp³-hybridized carbons (Fsp3) is 0.417. The number of anilines is 1. The van der Waals surface area contributed by atoms with Crippen molar-refractivity contribution < 1.29 is 13.9 Å². The molecule has 2 aromatic rings. The van der Waals surface area contributed by atoms with Crippen molar-refractivity contribution in [2.24, 2.45) is 0 Å². The Kier molecular flexibility index (Phi) is 3.61. The lowest BCUT2D eigenvalue weighted by atomic mass is 10.3. The van der Waals surface area contributed by atoms with Gasteiger partial charge in [0, 0.05) is 26.8 Å². The molecule has 0 aliphatic rings. The highest BCUT2D eigenvalue weighted by Gasteiger charge is 2.06. The summed E-state index contributed by atoms with van der Waals surface area (Å²) in [4.78, 5) is 4.27. The largest absolute Gasteiger partial charge is 0.441 e. The molecule has 0 bridgehead atoms. The average molecular weight is 236 g/mol. The van der Waals surface area contributed by atoms with Gasteiger partial charge in [-0.05, 0) is 18.2 Å². The van der Waals surface area contributed by atoms with E-state index in [0.717, 1.165) is 16.8 Å². The van der Waals surface area contributed by atoms with Crippen LogP contribution in [0.2, 0.25) is 0 Å². The minimum atomic E-state index is -0.259. The molecule has 0 amide bonds. The predicted molar refractivity (Wildman–Crippen MR) is 65.0 cm³/mol. The molecule has 0 fully saturated rings. The molecular formula is C12H16N2O3. The Morgan fingerprint density at radius 1 is 1.35 bits per heavy atom. The molecule has 1 aromatic carbocycles. The molecule has 0 radical (unpaired) electrons. The maximum atomic E-state index is 5.40. The zero-order valence-corrected chi connectivity index (χ0v) is 10.2. The first-order valence-electron chi connectivity index (χ1n) is 5.39. The molecule has 0 saturated heterocycles. The Balaban J connectivity index is 2.08. The number of benzene rings is 1. The molecule has 0 spiro atoms. The molecule has 1 N–H and O–H groups in total. The zero-order chi connectivity index (χ0) is 12.3. The second-order valence-electron chi connectivity index (χ2n) is 3.70. The summed E-state index contributed by atoms with van der Waals surface area (Å²) < 4.78 is 15.6. The molecule has 0 aliphatic heterocycles. The lowest BCUT2D eigenvalue weighted by molar-refractivity contribution is -0.0914. The van der Waals surface area contributed by atoms with Gasteiger partial charge in [-0.25, -0.2) is 4.98 Å². The van der Waals surface area contributed by atoms with E-state index in [-0.39, 0.29) is 6.29 Å². The van der Waals surface area contributed by atoms with Crippen LogP contribution < -0.4 is 5.32 Å². The van der Waals surface area contributed by atoms with Gasteiger partial charge in [0.1, 0.15) is 5.52 Å². The van der Waals surface area contributed by atoms with E-state index in [1.807, 2.05) is 25.1 Å². The Hall–Kier alpha value is -1.59. The fourth-order valence-electron chi connectivity index (χ4n) is 1.62. The van der Waals surface area contributed by atoms with Gasteiger partial charge in [0.15, 0.2) is 17.8 Å². The first-order valence-corrected chi connectivity index (χ1v) is 5.39. The van der Waals surface area contributed by atoms with Crippen LogP contribution in [-0.4, -0.2) is 32.0 Å². The zero-order valence-electron chi connectivity index (χ0n) is 10.2. The maximum absolute atomic E-state index is 5.40. The standard InChI is InChI=1S/C12H16N2O3/c1-8-14-10-6-9(4-5-11(10)17-8)13-7-12(15-2)16-3/h4-6,12-13H,7H2,1-3H3. The highest BCUT2D eigenvalue weighted by atomic mass is 16.7. The van der Waals surface area contributed by atoms with Gasteiger partial charge < -0.3 is 19.2 Å². The summed E-state index contributed by atoms with van der Waals surface area (Å²) in [5.74, 6) is 0.670. The lowest BCUT2D eigenvalue weighted by Gasteiger charge is -2.14. The minimum absolute atomic E-state index is 0.259. The van der Waals surface area contributed by atoms with Crippen LogP contribution in [-0.2, 0) is 9.47 Å². The number of nitrogens with one attached hydrogen (secondary N) is 1. The number of hydrogen-bond donors (Lipinski definition) is 1. The minimum Gasteiger partial charge on any atom is -0.441 e. The van der Waals surface area contributed by atoms with Crippen molar-refractivity contribution in [3.8, 4) is 0 Å². The molecule has 0 saturated carbocycles.